The van der Waals surface area contributed by atoms with Gasteiger partial charge in [0, 0.05) is 6.42 Å². The Hall–Kier alpha value is -2.73. The molecule has 5 atom stereocenters. The number of aliphatic hydroxyl groups is 1. The standard InChI is InChI=1S/C19H35N5O7/c1-8(2)13(21)17(28)23-14(9(3)4)18(29)22-11(6-7-12(20)26)16(27)24-15(10(5)25)19(30)31/h8-11,13-15,25H,6-7,21H2,1-5H3,(H2,20,26)(H,22,29)(H,23,28)(H,24,27)(H,30,31). The van der Waals surface area contributed by atoms with Gasteiger partial charge in [0.25, 0.3) is 0 Å². The van der Waals surface area contributed by atoms with Crippen molar-refractivity contribution in [1.29, 1.82) is 0 Å². The largest absolute Gasteiger partial charge is 0.480 e. The molecule has 9 N–H and O–H groups in total. The van der Waals surface area contributed by atoms with Crippen molar-refractivity contribution >= 4 is 29.6 Å². The molecule has 0 aromatic rings. The van der Waals surface area contributed by atoms with Crippen LogP contribution >= 0.6 is 0 Å². The minimum atomic E-state index is -1.62. The van der Waals surface area contributed by atoms with E-state index >= 15 is 0 Å². The third-order valence-corrected chi connectivity index (χ3v) is 4.63. The molecule has 0 aromatic carbocycles. The third-order valence-electron chi connectivity index (χ3n) is 4.63. The average molecular weight is 446 g/mol. The van der Waals surface area contributed by atoms with Crippen LogP contribution in [-0.4, -0.2) is 70.1 Å². The fourth-order valence-corrected chi connectivity index (χ4v) is 2.55. The molecule has 0 aliphatic rings. The highest BCUT2D eigenvalue weighted by atomic mass is 16.4. The van der Waals surface area contributed by atoms with E-state index in [2.05, 4.69) is 16.0 Å². The number of rotatable bonds is 13. The number of carboxylic acids is 1. The summed E-state index contributed by atoms with van der Waals surface area (Å²) in [6.45, 7) is 8.04. The molecule has 31 heavy (non-hydrogen) atoms. The molecule has 4 amide bonds. The fourth-order valence-electron chi connectivity index (χ4n) is 2.55. The molecule has 12 nitrogen and oxygen atoms in total. The van der Waals surface area contributed by atoms with Gasteiger partial charge in [0.05, 0.1) is 12.1 Å². The van der Waals surface area contributed by atoms with Gasteiger partial charge in [-0.15, -0.1) is 0 Å². The molecule has 0 aromatic heterocycles. The zero-order valence-corrected chi connectivity index (χ0v) is 18.5. The highest BCUT2D eigenvalue weighted by Gasteiger charge is 2.33. The topological polar surface area (TPSA) is 214 Å². The van der Waals surface area contributed by atoms with Crippen LogP contribution in [0.3, 0.4) is 0 Å². The predicted molar refractivity (Wildman–Crippen MR) is 111 cm³/mol. The summed E-state index contributed by atoms with van der Waals surface area (Å²) >= 11 is 0. The van der Waals surface area contributed by atoms with E-state index in [-0.39, 0.29) is 24.7 Å². The molecule has 0 spiro atoms. The van der Waals surface area contributed by atoms with Crippen molar-refractivity contribution in [2.45, 2.75) is 77.7 Å². The van der Waals surface area contributed by atoms with Crippen molar-refractivity contribution in [3.8, 4) is 0 Å². The molecule has 0 saturated heterocycles. The summed E-state index contributed by atoms with van der Waals surface area (Å²) in [5.74, 6) is -4.91. The highest BCUT2D eigenvalue weighted by molar-refractivity contribution is 5.94. The number of hydrogen-bond acceptors (Lipinski definition) is 7. The normalized spacial score (nSPS) is 16.0. The number of hydrogen-bond donors (Lipinski definition) is 7. The van der Waals surface area contributed by atoms with Crippen LogP contribution in [0, 0.1) is 11.8 Å². The zero-order chi connectivity index (χ0) is 24.5. The lowest BCUT2D eigenvalue weighted by atomic mass is 9.99. The van der Waals surface area contributed by atoms with Gasteiger partial charge in [-0.25, -0.2) is 4.79 Å². The quantitative estimate of drug-likeness (QED) is 0.165. The van der Waals surface area contributed by atoms with E-state index in [9.17, 15) is 29.1 Å². The molecule has 0 fully saturated rings. The maximum atomic E-state index is 12.8. The second-order valence-electron chi connectivity index (χ2n) is 8.13. The van der Waals surface area contributed by atoms with Gasteiger partial charge in [-0.1, -0.05) is 27.7 Å². The van der Waals surface area contributed by atoms with Crippen molar-refractivity contribution in [2.75, 3.05) is 0 Å². The van der Waals surface area contributed by atoms with Crippen LogP contribution in [0.25, 0.3) is 0 Å². The zero-order valence-electron chi connectivity index (χ0n) is 18.5. The number of primary amides is 1. The van der Waals surface area contributed by atoms with Gasteiger partial charge < -0.3 is 37.6 Å². The first-order valence-electron chi connectivity index (χ1n) is 10.0. The first-order valence-corrected chi connectivity index (χ1v) is 10.0. The average Bonchev–Trinajstić information content (AvgIpc) is 2.64. The Morgan fingerprint density at radius 1 is 0.806 bits per heavy atom. The number of carboxylic acid groups (broad SMARTS) is 1. The van der Waals surface area contributed by atoms with Crippen LogP contribution in [0.4, 0.5) is 0 Å². The Morgan fingerprint density at radius 2 is 1.32 bits per heavy atom. The molecule has 0 aliphatic carbocycles. The van der Waals surface area contributed by atoms with Gasteiger partial charge in [0.15, 0.2) is 6.04 Å². The summed E-state index contributed by atoms with van der Waals surface area (Å²) in [5, 5.41) is 25.8. The van der Waals surface area contributed by atoms with E-state index in [1.54, 1.807) is 27.7 Å². The minimum Gasteiger partial charge on any atom is -0.480 e. The maximum absolute atomic E-state index is 12.8. The maximum Gasteiger partial charge on any atom is 0.328 e. The van der Waals surface area contributed by atoms with E-state index in [1.165, 1.54) is 6.92 Å². The van der Waals surface area contributed by atoms with Gasteiger partial charge in [0.1, 0.15) is 12.1 Å². The minimum absolute atomic E-state index is 0.168. The summed E-state index contributed by atoms with van der Waals surface area (Å²) in [7, 11) is 0. The summed E-state index contributed by atoms with van der Waals surface area (Å²) in [6, 6.07) is -4.82. The molecule has 12 heteroatoms. The molecule has 0 bridgehead atoms. The number of aliphatic carboxylic acids is 1. The number of carbonyl (C=O) groups is 5. The number of nitrogens with two attached hydrogens (primary N) is 2. The van der Waals surface area contributed by atoms with Crippen molar-refractivity contribution in [3.05, 3.63) is 0 Å². The second-order valence-corrected chi connectivity index (χ2v) is 8.13. The van der Waals surface area contributed by atoms with Crippen molar-refractivity contribution in [2.24, 2.45) is 23.3 Å². The van der Waals surface area contributed by atoms with Crippen LogP contribution in [0.5, 0.6) is 0 Å². The monoisotopic (exact) mass is 445 g/mol. The molecular weight excluding hydrogens is 410 g/mol. The fraction of sp³-hybridized carbons (Fsp3) is 0.737. The molecule has 5 unspecified atom stereocenters. The molecule has 0 saturated carbocycles. The molecule has 178 valence electrons. The first kappa shape index (κ1) is 28.3. The van der Waals surface area contributed by atoms with E-state index in [1.807, 2.05) is 0 Å². The van der Waals surface area contributed by atoms with Crippen LogP contribution in [0.15, 0.2) is 0 Å². The van der Waals surface area contributed by atoms with E-state index in [0.717, 1.165) is 0 Å². The van der Waals surface area contributed by atoms with Gasteiger partial charge in [-0.3, -0.25) is 19.2 Å². The summed E-state index contributed by atoms with van der Waals surface area (Å²) in [5.41, 5.74) is 10.9. The van der Waals surface area contributed by atoms with Crippen LogP contribution in [0.2, 0.25) is 0 Å². The van der Waals surface area contributed by atoms with Crippen LogP contribution < -0.4 is 27.4 Å². The van der Waals surface area contributed by atoms with Crippen molar-refractivity contribution in [3.63, 3.8) is 0 Å². The molecule has 0 heterocycles. The number of amides is 4. The SMILES string of the molecule is CC(C)C(N)C(=O)NC(C(=O)NC(CCC(N)=O)C(=O)NC(C(=O)O)C(C)O)C(C)C. The summed E-state index contributed by atoms with van der Waals surface area (Å²) in [4.78, 5) is 60.0. The molecule has 0 rings (SSSR count). The lowest BCUT2D eigenvalue weighted by Gasteiger charge is -2.27. The Balaban J connectivity index is 5.51. The number of carbonyl (C=O) groups excluding carboxylic acids is 4. The van der Waals surface area contributed by atoms with E-state index < -0.39 is 59.9 Å². The van der Waals surface area contributed by atoms with E-state index in [4.69, 9.17) is 16.6 Å². The molecule has 0 aliphatic heterocycles. The van der Waals surface area contributed by atoms with Gasteiger partial charge >= 0.3 is 5.97 Å². The predicted octanol–water partition coefficient (Wildman–Crippen LogP) is -2.19. The summed E-state index contributed by atoms with van der Waals surface area (Å²) < 4.78 is 0. The lowest BCUT2D eigenvalue weighted by molar-refractivity contribution is -0.145. The second kappa shape index (κ2) is 12.8. The first-order chi connectivity index (χ1) is 14.2. The van der Waals surface area contributed by atoms with Gasteiger partial charge in [-0.2, -0.15) is 0 Å². The van der Waals surface area contributed by atoms with Crippen LogP contribution in [0.1, 0.15) is 47.5 Å². The molecule has 0 radical (unpaired) electrons. The smallest absolute Gasteiger partial charge is 0.328 e. The van der Waals surface area contributed by atoms with Crippen LogP contribution in [-0.2, 0) is 24.0 Å². The summed E-state index contributed by atoms with van der Waals surface area (Å²) in [6.07, 6.45) is -1.88. The highest BCUT2D eigenvalue weighted by Crippen LogP contribution is 2.07. The van der Waals surface area contributed by atoms with Gasteiger partial charge in [-0.05, 0) is 25.2 Å². The number of aliphatic hydroxyl groups excluding tert-OH is 1. The third kappa shape index (κ3) is 9.75. The van der Waals surface area contributed by atoms with Gasteiger partial charge in [0.2, 0.25) is 23.6 Å². The lowest BCUT2D eigenvalue weighted by Crippen LogP contribution is -2.59. The Morgan fingerprint density at radius 3 is 1.71 bits per heavy atom. The van der Waals surface area contributed by atoms with Crippen molar-refractivity contribution < 1.29 is 34.2 Å². The Kier molecular flexibility index (Phi) is 11.7. The molecular formula is C19H35N5O7. The Bertz CT molecular complexity index is 666. The number of nitrogens with one attached hydrogen (secondary N) is 3. The Labute approximate surface area is 181 Å². The van der Waals surface area contributed by atoms with E-state index in [0.29, 0.717) is 0 Å². The van der Waals surface area contributed by atoms with Crippen molar-refractivity contribution in [1.82, 2.24) is 16.0 Å².